The molecular weight excluding hydrogens is 306 g/mol. The summed E-state index contributed by atoms with van der Waals surface area (Å²) in [5, 5.41) is 6.99. The van der Waals surface area contributed by atoms with Gasteiger partial charge in [0.05, 0.1) is 17.9 Å². The van der Waals surface area contributed by atoms with E-state index in [1.54, 1.807) is 17.1 Å². The van der Waals surface area contributed by atoms with Crippen molar-refractivity contribution in [1.29, 1.82) is 0 Å². The zero-order valence-electron chi connectivity index (χ0n) is 12.8. The molecule has 0 aliphatic heterocycles. The highest BCUT2D eigenvalue weighted by molar-refractivity contribution is 6.05. The maximum absolute atomic E-state index is 12.2. The average molecular weight is 323 g/mol. The molecule has 0 saturated heterocycles. The second-order valence-corrected chi connectivity index (χ2v) is 5.12. The van der Waals surface area contributed by atoms with Gasteiger partial charge < -0.3 is 16.8 Å². The van der Waals surface area contributed by atoms with Gasteiger partial charge in [0.25, 0.3) is 5.91 Å². The Morgan fingerprint density at radius 1 is 1.21 bits per heavy atom. The van der Waals surface area contributed by atoms with E-state index in [-0.39, 0.29) is 17.6 Å². The molecule has 0 radical (unpaired) electrons. The van der Waals surface area contributed by atoms with Crippen LogP contribution in [0.25, 0.3) is 0 Å². The van der Waals surface area contributed by atoms with Gasteiger partial charge in [-0.25, -0.2) is 9.97 Å². The van der Waals surface area contributed by atoms with Crippen molar-refractivity contribution in [3.8, 4) is 0 Å². The molecule has 3 aromatic rings. The van der Waals surface area contributed by atoms with Crippen molar-refractivity contribution in [2.24, 2.45) is 5.73 Å². The first kappa shape index (κ1) is 15.6. The lowest BCUT2D eigenvalue weighted by Crippen LogP contribution is -2.21. The molecule has 5 N–H and O–H groups in total. The van der Waals surface area contributed by atoms with Crippen LogP contribution >= 0.6 is 0 Å². The molecule has 8 heteroatoms. The van der Waals surface area contributed by atoms with Gasteiger partial charge in [-0.3, -0.25) is 9.48 Å². The zero-order chi connectivity index (χ0) is 16.9. The summed E-state index contributed by atoms with van der Waals surface area (Å²) < 4.78 is 1.71. The minimum Gasteiger partial charge on any atom is -0.382 e. The summed E-state index contributed by atoms with van der Waals surface area (Å²) in [6.07, 6.45) is 6.11. The van der Waals surface area contributed by atoms with Crippen molar-refractivity contribution in [1.82, 2.24) is 19.7 Å². The van der Waals surface area contributed by atoms with Crippen molar-refractivity contribution in [3.63, 3.8) is 0 Å². The van der Waals surface area contributed by atoms with Crippen LogP contribution in [0.15, 0.2) is 55.1 Å². The molecule has 2 heterocycles. The molecule has 0 bridgehead atoms. The topological polar surface area (TPSA) is 125 Å². The molecule has 0 fully saturated rings. The van der Waals surface area contributed by atoms with Crippen LogP contribution in [0.5, 0.6) is 0 Å². The fourth-order valence-electron chi connectivity index (χ4n) is 2.36. The number of carbonyl (C=O) groups is 1. The summed E-state index contributed by atoms with van der Waals surface area (Å²) >= 11 is 0. The number of hydrogen-bond acceptors (Lipinski definition) is 6. The Morgan fingerprint density at radius 3 is 2.67 bits per heavy atom. The van der Waals surface area contributed by atoms with Crippen LogP contribution in [0.2, 0.25) is 0 Å². The van der Waals surface area contributed by atoms with Crippen molar-refractivity contribution in [2.45, 2.75) is 6.04 Å². The first-order valence-electron chi connectivity index (χ1n) is 7.36. The Bertz CT molecular complexity index is 831. The van der Waals surface area contributed by atoms with Crippen LogP contribution in [0, 0.1) is 0 Å². The lowest BCUT2D eigenvalue weighted by Gasteiger charge is -2.15. The van der Waals surface area contributed by atoms with E-state index in [9.17, 15) is 4.79 Å². The molecule has 0 aliphatic rings. The summed E-state index contributed by atoms with van der Waals surface area (Å²) in [6, 6.07) is 9.69. The maximum Gasteiger partial charge on any atom is 0.278 e. The molecule has 0 aliphatic carbocycles. The highest BCUT2D eigenvalue weighted by Gasteiger charge is 2.16. The monoisotopic (exact) mass is 323 g/mol. The first-order chi connectivity index (χ1) is 11.7. The normalized spacial score (nSPS) is 11.9. The Labute approximate surface area is 138 Å². The molecule has 8 nitrogen and oxygen atoms in total. The van der Waals surface area contributed by atoms with Crippen LogP contribution in [0.3, 0.4) is 0 Å². The Balaban J connectivity index is 1.78. The predicted molar refractivity (Wildman–Crippen MR) is 90.3 cm³/mol. The Kier molecular flexibility index (Phi) is 4.48. The lowest BCUT2D eigenvalue weighted by atomic mass is 10.1. The van der Waals surface area contributed by atoms with Crippen molar-refractivity contribution >= 4 is 17.4 Å². The number of carbonyl (C=O) groups excluding carboxylic acids is 1. The smallest absolute Gasteiger partial charge is 0.278 e. The molecule has 0 spiro atoms. The minimum absolute atomic E-state index is 0.0729. The zero-order valence-corrected chi connectivity index (χ0v) is 12.8. The summed E-state index contributed by atoms with van der Waals surface area (Å²) in [6.45, 7) is 0.385. The average Bonchev–Trinajstić information content (AvgIpc) is 3.05. The van der Waals surface area contributed by atoms with Crippen LogP contribution in [-0.4, -0.2) is 32.2 Å². The number of nitrogens with zero attached hydrogens (tertiary/aromatic N) is 4. The van der Waals surface area contributed by atoms with E-state index in [0.717, 1.165) is 5.56 Å². The fraction of sp³-hybridized carbons (Fsp3) is 0.125. The molecule has 1 amide bonds. The number of nitrogens with two attached hydrogens (primary N) is 2. The van der Waals surface area contributed by atoms with Crippen LogP contribution < -0.4 is 16.8 Å². The molecule has 1 aromatic carbocycles. The number of aromatic nitrogens is 4. The van der Waals surface area contributed by atoms with Crippen molar-refractivity contribution in [3.05, 3.63) is 66.4 Å². The summed E-state index contributed by atoms with van der Waals surface area (Å²) in [5.41, 5.74) is 13.2. The van der Waals surface area contributed by atoms with Gasteiger partial charge in [0.1, 0.15) is 0 Å². The minimum atomic E-state index is -0.441. The third kappa shape index (κ3) is 3.23. The largest absolute Gasteiger partial charge is 0.382 e. The number of nitrogen functional groups attached to an aromatic ring is 1. The van der Waals surface area contributed by atoms with Gasteiger partial charge in [-0.1, -0.05) is 30.3 Å². The predicted octanol–water partition coefficient (Wildman–Crippen LogP) is 1.06. The van der Waals surface area contributed by atoms with E-state index in [1.165, 1.54) is 12.4 Å². The molecule has 3 rings (SSSR count). The standard InChI is InChI=1S/C16H17N7O/c17-8-13(11-4-2-1-3-5-11)23-10-12(9-21-23)22-16(24)14-15(18)20-7-6-19-14/h1-7,9-10,13H,8,17H2,(H2,18,20)(H,22,24). The number of benzene rings is 1. The van der Waals surface area contributed by atoms with Gasteiger partial charge in [-0.2, -0.15) is 5.10 Å². The highest BCUT2D eigenvalue weighted by Crippen LogP contribution is 2.19. The van der Waals surface area contributed by atoms with Gasteiger partial charge in [0, 0.05) is 25.1 Å². The summed E-state index contributed by atoms with van der Waals surface area (Å²) in [7, 11) is 0. The Hall–Kier alpha value is -3.26. The fourth-order valence-corrected chi connectivity index (χ4v) is 2.36. The SMILES string of the molecule is NCC(c1ccccc1)n1cc(NC(=O)c2nccnc2N)cn1. The molecule has 122 valence electrons. The molecule has 0 saturated carbocycles. The second kappa shape index (κ2) is 6.88. The van der Waals surface area contributed by atoms with Gasteiger partial charge in [0.15, 0.2) is 11.5 Å². The van der Waals surface area contributed by atoms with Crippen LogP contribution in [0.1, 0.15) is 22.1 Å². The summed E-state index contributed by atoms with van der Waals surface area (Å²) in [5.74, 6) is -0.365. The van der Waals surface area contributed by atoms with E-state index in [2.05, 4.69) is 20.4 Å². The van der Waals surface area contributed by atoms with E-state index >= 15 is 0 Å². The number of anilines is 2. The summed E-state index contributed by atoms with van der Waals surface area (Å²) in [4.78, 5) is 20.0. The number of rotatable bonds is 5. The van der Waals surface area contributed by atoms with E-state index < -0.39 is 5.91 Å². The third-order valence-corrected chi connectivity index (χ3v) is 3.53. The quantitative estimate of drug-likeness (QED) is 0.644. The molecular formula is C16H17N7O. The van der Waals surface area contributed by atoms with Gasteiger partial charge in [-0.05, 0) is 5.56 Å². The van der Waals surface area contributed by atoms with E-state index in [4.69, 9.17) is 11.5 Å². The molecule has 1 atom stereocenters. The number of nitrogens with one attached hydrogen (secondary N) is 1. The molecule has 1 unspecified atom stereocenters. The van der Waals surface area contributed by atoms with Gasteiger partial charge in [0.2, 0.25) is 0 Å². The lowest BCUT2D eigenvalue weighted by molar-refractivity contribution is 0.102. The first-order valence-corrected chi connectivity index (χ1v) is 7.36. The Morgan fingerprint density at radius 2 is 1.96 bits per heavy atom. The van der Waals surface area contributed by atoms with E-state index in [1.807, 2.05) is 30.3 Å². The van der Waals surface area contributed by atoms with Crippen molar-refractivity contribution < 1.29 is 4.79 Å². The number of amides is 1. The van der Waals surface area contributed by atoms with E-state index in [0.29, 0.717) is 12.2 Å². The van der Waals surface area contributed by atoms with Gasteiger partial charge >= 0.3 is 0 Å². The molecule has 2 aromatic heterocycles. The third-order valence-electron chi connectivity index (χ3n) is 3.53. The highest BCUT2D eigenvalue weighted by atomic mass is 16.1. The van der Waals surface area contributed by atoms with Gasteiger partial charge in [-0.15, -0.1) is 0 Å². The second-order valence-electron chi connectivity index (χ2n) is 5.12. The number of hydrogen-bond donors (Lipinski definition) is 3. The van der Waals surface area contributed by atoms with Crippen molar-refractivity contribution in [2.75, 3.05) is 17.6 Å². The van der Waals surface area contributed by atoms with Crippen LogP contribution in [-0.2, 0) is 0 Å². The van der Waals surface area contributed by atoms with Crippen LogP contribution in [0.4, 0.5) is 11.5 Å². The molecule has 24 heavy (non-hydrogen) atoms. The maximum atomic E-state index is 12.2.